The number of rotatable bonds is 8. The van der Waals surface area contributed by atoms with Crippen LogP contribution in [0.3, 0.4) is 0 Å². The number of benzene rings is 2. The molecular weight excluding hydrogens is 699 g/mol. The highest BCUT2D eigenvalue weighted by Crippen LogP contribution is 2.32. The van der Waals surface area contributed by atoms with Crippen LogP contribution in [0.2, 0.25) is 0 Å². The molecule has 2 saturated carbocycles. The van der Waals surface area contributed by atoms with Gasteiger partial charge in [0.1, 0.15) is 0 Å². The summed E-state index contributed by atoms with van der Waals surface area (Å²) >= 11 is 1.73. The van der Waals surface area contributed by atoms with E-state index in [0.717, 1.165) is 79.8 Å². The van der Waals surface area contributed by atoms with Crippen molar-refractivity contribution >= 4 is 52.2 Å². The minimum Gasteiger partial charge on any atom is -0.339 e. The lowest BCUT2D eigenvalue weighted by Gasteiger charge is -2.15. The maximum Gasteiger partial charge on any atom is 0.253 e. The van der Waals surface area contributed by atoms with E-state index in [4.69, 9.17) is 0 Å². The maximum absolute atomic E-state index is 12.5. The summed E-state index contributed by atoms with van der Waals surface area (Å²) in [6, 6.07) is 31.8. The molecule has 2 N–H and O–H groups in total. The summed E-state index contributed by atoms with van der Waals surface area (Å²) in [4.78, 5) is 48.5. The molecule has 5 aromatic heterocycles. The molecule has 3 fully saturated rings. The third-order valence-electron chi connectivity index (χ3n) is 9.89. The van der Waals surface area contributed by atoms with Crippen LogP contribution in [0.25, 0.3) is 44.2 Å². The maximum atomic E-state index is 12.5. The van der Waals surface area contributed by atoms with E-state index in [-0.39, 0.29) is 29.6 Å². The van der Waals surface area contributed by atoms with E-state index in [1.165, 1.54) is 10.4 Å². The Labute approximate surface area is 314 Å². The van der Waals surface area contributed by atoms with Crippen LogP contribution in [-0.4, -0.2) is 64.9 Å². The van der Waals surface area contributed by atoms with Gasteiger partial charge in [0.15, 0.2) is 11.3 Å². The normalized spacial score (nSPS) is 15.2. The molecule has 6 heterocycles. The van der Waals surface area contributed by atoms with Crippen LogP contribution in [-0.2, 0) is 9.59 Å². The van der Waals surface area contributed by atoms with Crippen molar-refractivity contribution in [3.05, 3.63) is 108 Å². The molecule has 54 heavy (non-hydrogen) atoms. The molecule has 0 bridgehead atoms. The molecule has 3 aliphatic rings. The number of hydrogen-bond donors (Lipinski definition) is 2. The third-order valence-corrected chi connectivity index (χ3v) is 10.8. The Hall–Kier alpha value is -6.21. The first-order valence-corrected chi connectivity index (χ1v) is 19.2. The summed E-state index contributed by atoms with van der Waals surface area (Å²) in [6.07, 6.45) is 5.96. The summed E-state index contributed by atoms with van der Waals surface area (Å²) in [5.41, 5.74) is 7.09. The Kier molecular flexibility index (Phi) is 8.91. The van der Waals surface area contributed by atoms with Crippen molar-refractivity contribution in [1.82, 2.24) is 34.1 Å². The Morgan fingerprint density at radius 1 is 0.593 bits per heavy atom. The number of aromatic nitrogens is 6. The standard InChI is InChI=1S/C21H21N5O2.C20H16N4OS/c27-19(15-8-9-15)23-21-22-18-5-3-4-17(26(18)24-21)14-6-10-16(11-7-14)20(28)25-12-1-2-13-25;25-19(15-10-11-15)22-20-21-18-5-1-3-16(24(18)23-20)13-6-8-14(9-7-13)17-4-2-12-26-17/h3-7,10-11,15H,1-2,8-9,12-13H2,(H,23,24,27);1-9,12,15H,10-11H2,(H,22,23,25). The molecule has 270 valence electrons. The molecule has 0 unspecified atom stereocenters. The van der Waals surface area contributed by atoms with Gasteiger partial charge in [0.2, 0.25) is 23.7 Å². The van der Waals surface area contributed by atoms with Crippen molar-refractivity contribution in [2.45, 2.75) is 38.5 Å². The molecular formula is C41H37N9O3S. The number of nitrogens with zero attached hydrogens (tertiary/aromatic N) is 7. The molecule has 13 heteroatoms. The van der Waals surface area contributed by atoms with Crippen molar-refractivity contribution < 1.29 is 14.4 Å². The van der Waals surface area contributed by atoms with Gasteiger partial charge in [-0.15, -0.1) is 21.5 Å². The van der Waals surface area contributed by atoms with Gasteiger partial charge in [-0.2, -0.15) is 9.97 Å². The predicted molar refractivity (Wildman–Crippen MR) is 208 cm³/mol. The fraction of sp³-hybridized carbons (Fsp3) is 0.244. The Morgan fingerprint density at radius 3 is 1.57 bits per heavy atom. The zero-order valence-electron chi connectivity index (χ0n) is 29.4. The molecule has 0 radical (unpaired) electrons. The third kappa shape index (κ3) is 7.09. The van der Waals surface area contributed by atoms with E-state index in [2.05, 4.69) is 72.6 Å². The molecule has 0 atom stereocenters. The lowest BCUT2D eigenvalue weighted by molar-refractivity contribution is -0.118. The van der Waals surface area contributed by atoms with Crippen LogP contribution < -0.4 is 10.6 Å². The van der Waals surface area contributed by atoms with Gasteiger partial charge in [0.25, 0.3) is 5.91 Å². The number of likely N-dealkylation sites (tertiary alicyclic amines) is 1. The number of fused-ring (bicyclic) bond motifs is 2. The van der Waals surface area contributed by atoms with E-state index in [1.807, 2.05) is 65.6 Å². The molecule has 0 spiro atoms. The summed E-state index contributed by atoms with van der Waals surface area (Å²) in [5.74, 6) is 1.02. The van der Waals surface area contributed by atoms with Gasteiger partial charge >= 0.3 is 0 Å². The fourth-order valence-electron chi connectivity index (χ4n) is 6.60. The number of hydrogen-bond acceptors (Lipinski definition) is 8. The highest BCUT2D eigenvalue weighted by atomic mass is 32.1. The predicted octanol–water partition coefficient (Wildman–Crippen LogP) is 7.45. The second-order valence-corrected chi connectivity index (χ2v) is 14.8. The van der Waals surface area contributed by atoms with E-state index in [9.17, 15) is 14.4 Å². The Balaban J connectivity index is 0.000000143. The highest BCUT2D eigenvalue weighted by molar-refractivity contribution is 7.13. The first kappa shape index (κ1) is 33.6. The van der Waals surface area contributed by atoms with Crippen molar-refractivity contribution in [1.29, 1.82) is 0 Å². The average molecular weight is 736 g/mol. The number of anilines is 2. The lowest BCUT2D eigenvalue weighted by atomic mass is 10.1. The fourth-order valence-corrected chi connectivity index (χ4v) is 7.34. The Bertz CT molecular complexity index is 2480. The molecule has 2 aromatic carbocycles. The van der Waals surface area contributed by atoms with E-state index in [1.54, 1.807) is 20.4 Å². The van der Waals surface area contributed by atoms with Crippen molar-refractivity contribution in [3.8, 4) is 33.0 Å². The van der Waals surface area contributed by atoms with Crippen LogP contribution in [0.5, 0.6) is 0 Å². The molecule has 7 aromatic rings. The van der Waals surface area contributed by atoms with Crippen LogP contribution in [0, 0.1) is 11.8 Å². The van der Waals surface area contributed by atoms with Crippen molar-refractivity contribution in [2.24, 2.45) is 11.8 Å². The first-order valence-electron chi connectivity index (χ1n) is 18.3. The van der Waals surface area contributed by atoms with Gasteiger partial charge in [-0.1, -0.05) is 54.6 Å². The summed E-state index contributed by atoms with van der Waals surface area (Å²) in [6.45, 7) is 1.68. The largest absolute Gasteiger partial charge is 0.339 e. The number of amides is 3. The average Bonchev–Trinajstić information content (AvgIpc) is 3.97. The minimum absolute atomic E-state index is 0.0118. The zero-order chi connectivity index (χ0) is 36.6. The number of carbonyl (C=O) groups is 3. The second-order valence-electron chi connectivity index (χ2n) is 13.9. The van der Waals surface area contributed by atoms with Gasteiger partial charge in [0, 0.05) is 46.5 Å². The molecule has 1 saturated heterocycles. The van der Waals surface area contributed by atoms with Gasteiger partial charge in [0.05, 0.1) is 11.4 Å². The first-order chi connectivity index (χ1) is 26.5. The van der Waals surface area contributed by atoms with Crippen LogP contribution in [0.1, 0.15) is 48.9 Å². The van der Waals surface area contributed by atoms with Crippen LogP contribution in [0.4, 0.5) is 11.9 Å². The van der Waals surface area contributed by atoms with Crippen molar-refractivity contribution in [3.63, 3.8) is 0 Å². The molecule has 12 nitrogen and oxygen atoms in total. The molecule has 3 amide bonds. The lowest BCUT2D eigenvalue weighted by Crippen LogP contribution is -2.27. The zero-order valence-corrected chi connectivity index (χ0v) is 30.2. The van der Waals surface area contributed by atoms with Crippen molar-refractivity contribution in [2.75, 3.05) is 23.7 Å². The minimum atomic E-state index is -0.0118. The van der Waals surface area contributed by atoms with E-state index in [0.29, 0.717) is 23.1 Å². The number of carbonyl (C=O) groups excluding carboxylic acids is 3. The van der Waals surface area contributed by atoms with E-state index >= 15 is 0 Å². The quantitative estimate of drug-likeness (QED) is 0.165. The molecule has 10 rings (SSSR count). The number of nitrogens with one attached hydrogen (secondary N) is 2. The molecule has 1 aliphatic heterocycles. The van der Waals surface area contributed by atoms with Crippen LogP contribution >= 0.6 is 11.3 Å². The van der Waals surface area contributed by atoms with E-state index < -0.39 is 0 Å². The number of thiophene rings is 1. The van der Waals surface area contributed by atoms with Gasteiger partial charge in [-0.25, -0.2) is 9.03 Å². The Morgan fingerprint density at radius 2 is 1.09 bits per heavy atom. The summed E-state index contributed by atoms with van der Waals surface area (Å²) in [7, 11) is 0. The van der Waals surface area contributed by atoms with Gasteiger partial charge in [-0.05, 0) is 91.9 Å². The number of pyridine rings is 2. The summed E-state index contributed by atoms with van der Waals surface area (Å²) < 4.78 is 3.50. The SMILES string of the molecule is O=C(Nc1nc2cccc(-c3ccc(-c4cccs4)cc3)n2n1)C1CC1.O=C(Nc1nc2cccc(-c3ccc(C(=O)N4CCCC4)cc3)n2n1)C1CC1. The second kappa shape index (κ2) is 14.3. The topological polar surface area (TPSA) is 139 Å². The van der Waals surface area contributed by atoms with Gasteiger partial charge in [-0.3, -0.25) is 25.0 Å². The summed E-state index contributed by atoms with van der Waals surface area (Å²) in [5, 5.41) is 16.6. The monoisotopic (exact) mass is 735 g/mol. The van der Waals surface area contributed by atoms with Gasteiger partial charge < -0.3 is 4.90 Å². The molecule has 2 aliphatic carbocycles. The highest BCUT2D eigenvalue weighted by Gasteiger charge is 2.31. The van der Waals surface area contributed by atoms with Crippen LogP contribution in [0.15, 0.2) is 102 Å². The smallest absolute Gasteiger partial charge is 0.253 e.